The fourth-order valence-electron chi connectivity index (χ4n) is 3.48. The van der Waals surface area contributed by atoms with Crippen molar-refractivity contribution in [1.29, 1.82) is 0 Å². The van der Waals surface area contributed by atoms with Gasteiger partial charge in [-0.3, -0.25) is 0 Å². The van der Waals surface area contributed by atoms with Gasteiger partial charge in [-0.05, 0) is 48.9 Å². The summed E-state index contributed by atoms with van der Waals surface area (Å²) in [5.41, 5.74) is -0.231. The van der Waals surface area contributed by atoms with E-state index in [9.17, 15) is 18.0 Å². The normalized spacial score (nSPS) is 13.9. The van der Waals surface area contributed by atoms with Crippen LogP contribution in [0.25, 0.3) is 0 Å². The largest absolute Gasteiger partial charge is 0.439 e. The van der Waals surface area contributed by atoms with Crippen molar-refractivity contribution < 1.29 is 22.7 Å². The lowest BCUT2D eigenvalue weighted by atomic mass is 10.1. The predicted molar refractivity (Wildman–Crippen MR) is 122 cm³/mol. The zero-order valence-corrected chi connectivity index (χ0v) is 18.3. The number of alkyl halides is 3. The first-order chi connectivity index (χ1) is 16.3. The first kappa shape index (κ1) is 23.3. The fourth-order valence-corrected chi connectivity index (χ4v) is 3.48. The van der Waals surface area contributed by atoms with Crippen LogP contribution in [-0.4, -0.2) is 42.2 Å². The second kappa shape index (κ2) is 9.96. The number of carbonyl (C=O) groups is 1. The molecule has 2 aromatic carbocycles. The van der Waals surface area contributed by atoms with Crippen LogP contribution in [0.1, 0.15) is 11.1 Å². The van der Waals surface area contributed by atoms with Crippen LogP contribution in [0.5, 0.6) is 11.6 Å². The molecule has 0 spiro atoms. The molecule has 8 nitrogen and oxygen atoms in total. The van der Waals surface area contributed by atoms with Gasteiger partial charge in [-0.15, -0.1) is 0 Å². The van der Waals surface area contributed by atoms with Gasteiger partial charge in [0.1, 0.15) is 17.9 Å². The molecular formula is C23H23F3N6O2. The van der Waals surface area contributed by atoms with Gasteiger partial charge in [0.2, 0.25) is 5.88 Å². The van der Waals surface area contributed by atoms with Crippen LogP contribution in [0.3, 0.4) is 0 Å². The number of aromatic nitrogens is 2. The number of nitrogens with one attached hydrogen (secondary N) is 3. The van der Waals surface area contributed by atoms with Crippen molar-refractivity contribution >= 4 is 23.2 Å². The Bertz CT molecular complexity index is 1150. The third kappa shape index (κ3) is 5.93. The summed E-state index contributed by atoms with van der Waals surface area (Å²) < 4.78 is 45.0. The SMILES string of the molecule is Cc1ccc(NC(=O)Nc2ccc(Oc3cc(N4CCNCC4)ncn3)cc2)cc1C(F)(F)F. The van der Waals surface area contributed by atoms with E-state index < -0.39 is 17.8 Å². The number of carbonyl (C=O) groups excluding carboxylic acids is 1. The molecule has 178 valence electrons. The monoisotopic (exact) mass is 472 g/mol. The van der Waals surface area contributed by atoms with Crippen molar-refractivity contribution in [3.63, 3.8) is 0 Å². The van der Waals surface area contributed by atoms with Gasteiger partial charge < -0.3 is 25.6 Å². The summed E-state index contributed by atoms with van der Waals surface area (Å²) in [6.45, 7) is 4.83. The van der Waals surface area contributed by atoms with E-state index in [-0.39, 0.29) is 11.3 Å². The molecule has 2 amide bonds. The van der Waals surface area contributed by atoms with E-state index in [4.69, 9.17) is 4.74 Å². The van der Waals surface area contributed by atoms with Crippen LogP contribution < -0.4 is 25.6 Å². The molecule has 3 aromatic rings. The van der Waals surface area contributed by atoms with Crippen molar-refractivity contribution in [2.75, 3.05) is 41.7 Å². The Hall–Kier alpha value is -3.86. The highest BCUT2D eigenvalue weighted by atomic mass is 19.4. The number of piperazine rings is 1. The second-order valence-electron chi connectivity index (χ2n) is 7.68. The minimum absolute atomic E-state index is 0.0411. The van der Waals surface area contributed by atoms with Crippen LogP contribution in [0, 0.1) is 6.92 Å². The number of hydrogen-bond acceptors (Lipinski definition) is 6. The quantitative estimate of drug-likeness (QED) is 0.501. The summed E-state index contributed by atoms with van der Waals surface area (Å²) in [6.07, 6.45) is -3.05. The predicted octanol–water partition coefficient (Wildman–Crippen LogP) is 4.65. The number of rotatable bonds is 5. The van der Waals surface area contributed by atoms with Crippen molar-refractivity contribution in [2.45, 2.75) is 13.1 Å². The van der Waals surface area contributed by atoms with E-state index in [1.165, 1.54) is 25.4 Å². The van der Waals surface area contributed by atoms with Gasteiger partial charge in [0.15, 0.2) is 0 Å². The zero-order valence-electron chi connectivity index (χ0n) is 18.3. The molecule has 1 aromatic heterocycles. The van der Waals surface area contributed by atoms with Crippen molar-refractivity contribution in [3.8, 4) is 11.6 Å². The van der Waals surface area contributed by atoms with E-state index in [0.717, 1.165) is 38.1 Å². The molecule has 34 heavy (non-hydrogen) atoms. The molecule has 1 saturated heterocycles. The number of amides is 2. The molecule has 3 N–H and O–H groups in total. The van der Waals surface area contributed by atoms with Gasteiger partial charge >= 0.3 is 12.2 Å². The van der Waals surface area contributed by atoms with Crippen LogP contribution >= 0.6 is 0 Å². The Morgan fingerprint density at radius 2 is 1.68 bits per heavy atom. The minimum Gasteiger partial charge on any atom is -0.439 e. The molecule has 0 atom stereocenters. The first-order valence-electron chi connectivity index (χ1n) is 10.6. The Labute approximate surface area is 194 Å². The number of aryl methyl sites for hydroxylation is 1. The standard InChI is InChI=1S/C23H23F3N6O2/c1-15-2-3-17(12-19(15)23(24,25)26)31-22(33)30-16-4-6-18(7-5-16)34-21-13-20(28-14-29-21)32-10-8-27-9-11-32/h2-7,12-14,27H,8-11H2,1H3,(H2,30,31,33). The Kier molecular flexibility index (Phi) is 6.82. The maximum absolute atomic E-state index is 13.1. The first-order valence-corrected chi connectivity index (χ1v) is 10.6. The third-order valence-corrected chi connectivity index (χ3v) is 5.20. The number of hydrogen-bond donors (Lipinski definition) is 3. The lowest BCUT2D eigenvalue weighted by Crippen LogP contribution is -2.43. The van der Waals surface area contributed by atoms with Gasteiger partial charge in [-0.2, -0.15) is 13.2 Å². The third-order valence-electron chi connectivity index (χ3n) is 5.20. The highest BCUT2D eigenvalue weighted by molar-refractivity contribution is 5.99. The average Bonchev–Trinajstić information content (AvgIpc) is 2.82. The molecule has 2 heterocycles. The lowest BCUT2D eigenvalue weighted by molar-refractivity contribution is -0.138. The van der Waals surface area contributed by atoms with E-state index in [1.54, 1.807) is 30.3 Å². The summed E-state index contributed by atoms with van der Waals surface area (Å²) in [5, 5.41) is 8.28. The summed E-state index contributed by atoms with van der Waals surface area (Å²) in [6, 6.07) is 11.3. The molecule has 1 aliphatic heterocycles. The van der Waals surface area contributed by atoms with Crippen molar-refractivity contribution in [2.24, 2.45) is 0 Å². The van der Waals surface area contributed by atoms with Gasteiger partial charge in [0, 0.05) is 43.6 Å². The Morgan fingerprint density at radius 1 is 1.00 bits per heavy atom. The van der Waals surface area contributed by atoms with Crippen molar-refractivity contribution in [1.82, 2.24) is 15.3 Å². The maximum atomic E-state index is 13.1. The second-order valence-corrected chi connectivity index (χ2v) is 7.68. The number of urea groups is 1. The van der Waals surface area contributed by atoms with Crippen LogP contribution in [-0.2, 0) is 6.18 Å². The smallest absolute Gasteiger partial charge is 0.416 e. The number of halogens is 3. The number of ether oxygens (including phenoxy) is 1. The highest BCUT2D eigenvalue weighted by Gasteiger charge is 2.32. The van der Waals surface area contributed by atoms with Gasteiger partial charge in [0.05, 0.1) is 5.56 Å². The minimum atomic E-state index is -4.50. The molecule has 1 aliphatic rings. The average molecular weight is 472 g/mol. The molecule has 0 radical (unpaired) electrons. The van der Waals surface area contributed by atoms with Gasteiger partial charge in [-0.25, -0.2) is 14.8 Å². The molecule has 1 fully saturated rings. The summed E-state index contributed by atoms with van der Waals surface area (Å²) in [4.78, 5) is 22.8. The Balaban J connectivity index is 1.36. The fraction of sp³-hybridized carbons (Fsp3) is 0.261. The molecule has 0 saturated carbocycles. The van der Waals surface area contributed by atoms with E-state index in [1.807, 2.05) is 0 Å². The van der Waals surface area contributed by atoms with E-state index in [0.29, 0.717) is 17.3 Å². The van der Waals surface area contributed by atoms with Gasteiger partial charge in [-0.1, -0.05) is 6.07 Å². The zero-order chi connectivity index (χ0) is 24.1. The molecule has 0 aliphatic carbocycles. The maximum Gasteiger partial charge on any atom is 0.416 e. The summed E-state index contributed by atoms with van der Waals surface area (Å²) >= 11 is 0. The summed E-state index contributed by atoms with van der Waals surface area (Å²) in [7, 11) is 0. The number of benzene rings is 2. The molecule has 0 bridgehead atoms. The van der Waals surface area contributed by atoms with E-state index >= 15 is 0 Å². The molecule has 11 heteroatoms. The lowest BCUT2D eigenvalue weighted by Gasteiger charge is -2.28. The van der Waals surface area contributed by atoms with Crippen LogP contribution in [0.2, 0.25) is 0 Å². The number of anilines is 3. The topological polar surface area (TPSA) is 91.4 Å². The molecular weight excluding hydrogens is 449 g/mol. The summed E-state index contributed by atoms with van der Waals surface area (Å²) in [5.74, 6) is 1.68. The Morgan fingerprint density at radius 3 is 2.38 bits per heavy atom. The van der Waals surface area contributed by atoms with Crippen LogP contribution in [0.15, 0.2) is 54.9 Å². The van der Waals surface area contributed by atoms with Gasteiger partial charge in [0.25, 0.3) is 0 Å². The number of nitrogens with zero attached hydrogens (tertiary/aromatic N) is 3. The molecule has 4 rings (SSSR count). The van der Waals surface area contributed by atoms with Crippen molar-refractivity contribution in [3.05, 3.63) is 66.0 Å². The van der Waals surface area contributed by atoms with Crippen LogP contribution in [0.4, 0.5) is 35.2 Å². The highest BCUT2D eigenvalue weighted by Crippen LogP contribution is 2.33. The molecule has 0 unspecified atom stereocenters. The van der Waals surface area contributed by atoms with E-state index in [2.05, 4.69) is 30.8 Å².